The smallest absolute Gasteiger partial charge is 0.243 e. The Bertz CT molecular complexity index is 1210. The van der Waals surface area contributed by atoms with Gasteiger partial charge in [-0.25, -0.2) is 0 Å². The number of amides is 4. The molecule has 13 nitrogen and oxygen atoms in total. The lowest BCUT2D eigenvalue weighted by Gasteiger charge is -2.57. The van der Waals surface area contributed by atoms with Crippen LogP contribution in [0.5, 0.6) is 0 Å². The SMILES string of the molecule is N=C(N)NCCCC(NC(=O)C(N)Cc1ccccc1)C(=O)NC(CC12CC3CC(CC(C3)C1)C2)C(=O)NC(CCCCN)C(N)=O. The minimum Gasteiger partial charge on any atom is -0.370 e. The first-order chi connectivity index (χ1) is 22.5. The Balaban J connectivity index is 1.51. The van der Waals surface area contributed by atoms with E-state index in [0.29, 0.717) is 69.4 Å². The van der Waals surface area contributed by atoms with E-state index in [-0.39, 0.29) is 17.8 Å². The third kappa shape index (κ3) is 10.6. The van der Waals surface area contributed by atoms with E-state index in [2.05, 4.69) is 21.3 Å². The molecule has 260 valence electrons. The molecule has 1 aromatic carbocycles. The zero-order valence-corrected chi connectivity index (χ0v) is 27.5. The van der Waals surface area contributed by atoms with Gasteiger partial charge < -0.3 is 44.2 Å². The molecule has 0 saturated heterocycles. The molecule has 4 atom stereocenters. The summed E-state index contributed by atoms with van der Waals surface area (Å²) in [6.45, 7) is 0.791. The van der Waals surface area contributed by atoms with Gasteiger partial charge in [0.2, 0.25) is 23.6 Å². The maximum atomic E-state index is 14.0. The van der Waals surface area contributed by atoms with Gasteiger partial charge in [0, 0.05) is 6.54 Å². The lowest BCUT2D eigenvalue weighted by atomic mass is 9.48. The number of benzene rings is 1. The van der Waals surface area contributed by atoms with E-state index in [1.54, 1.807) is 0 Å². The maximum absolute atomic E-state index is 14.0. The number of primary amides is 1. The highest BCUT2D eigenvalue weighted by atomic mass is 16.2. The molecule has 4 saturated carbocycles. The summed E-state index contributed by atoms with van der Waals surface area (Å²) >= 11 is 0. The van der Waals surface area contributed by atoms with Crippen LogP contribution in [0.1, 0.15) is 82.6 Å². The van der Waals surface area contributed by atoms with Crippen molar-refractivity contribution < 1.29 is 19.2 Å². The molecule has 4 amide bonds. The minimum atomic E-state index is -0.985. The van der Waals surface area contributed by atoms with Gasteiger partial charge in [-0.3, -0.25) is 24.6 Å². The first kappa shape index (κ1) is 36.1. The van der Waals surface area contributed by atoms with Crippen LogP contribution in [0.3, 0.4) is 0 Å². The molecule has 4 bridgehead atoms. The Hall–Kier alpha value is -3.71. The molecule has 4 fully saturated rings. The number of carbonyl (C=O) groups excluding carboxylic acids is 4. The molecule has 4 aliphatic carbocycles. The predicted molar refractivity (Wildman–Crippen MR) is 180 cm³/mol. The molecule has 0 spiro atoms. The van der Waals surface area contributed by atoms with Crippen molar-refractivity contribution in [3.63, 3.8) is 0 Å². The van der Waals surface area contributed by atoms with Crippen molar-refractivity contribution in [1.29, 1.82) is 5.41 Å². The van der Waals surface area contributed by atoms with Crippen LogP contribution in [-0.2, 0) is 25.6 Å². The highest BCUT2D eigenvalue weighted by Crippen LogP contribution is 2.61. The Morgan fingerprint density at radius 3 is 1.91 bits per heavy atom. The highest BCUT2D eigenvalue weighted by Gasteiger charge is 2.52. The van der Waals surface area contributed by atoms with Crippen LogP contribution in [-0.4, -0.2) is 66.8 Å². The number of carbonyl (C=O) groups is 4. The predicted octanol–water partition coefficient (Wildman–Crippen LogP) is 0.495. The van der Waals surface area contributed by atoms with Crippen molar-refractivity contribution >= 4 is 29.6 Å². The van der Waals surface area contributed by atoms with E-state index in [9.17, 15) is 19.2 Å². The molecule has 0 radical (unpaired) electrons. The van der Waals surface area contributed by atoms with Crippen molar-refractivity contribution in [3.8, 4) is 0 Å². The second-order valence-electron chi connectivity index (χ2n) is 14.3. The molecule has 47 heavy (non-hydrogen) atoms. The molecule has 13 N–H and O–H groups in total. The van der Waals surface area contributed by atoms with Gasteiger partial charge in [0.25, 0.3) is 0 Å². The van der Waals surface area contributed by atoms with E-state index < -0.39 is 47.8 Å². The fourth-order valence-corrected chi connectivity index (χ4v) is 8.54. The largest absolute Gasteiger partial charge is 0.370 e. The highest BCUT2D eigenvalue weighted by molar-refractivity contribution is 5.94. The van der Waals surface area contributed by atoms with Crippen molar-refractivity contribution in [3.05, 3.63) is 35.9 Å². The average Bonchev–Trinajstić information content (AvgIpc) is 3.01. The van der Waals surface area contributed by atoms with E-state index in [1.807, 2.05) is 30.3 Å². The monoisotopic (exact) mass is 653 g/mol. The number of hydrogen-bond acceptors (Lipinski definition) is 7. The fourth-order valence-electron chi connectivity index (χ4n) is 8.54. The molecule has 4 aliphatic rings. The van der Waals surface area contributed by atoms with Crippen molar-refractivity contribution in [1.82, 2.24) is 21.3 Å². The van der Waals surface area contributed by atoms with Crippen LogP contribution in [0.15, 0.2) is 30.3 Å². The molecule has 13 heteroatoms. The number of nitrogens with two attached hydrogens (primary N) is 4. The first-order valence-electron chi connectivity index (χ1n) is 17.2. The van der Waals surface area contributed by atoms with Gasteiger partial charge in [-0.15, -0.1) is 0 Å². The zero-order valence-electron chi connectivity index (χ0n) is 27.5. The summed E-state index contributed by atoms with van der Waals surface area (Å²) in [4.78, 5) is 53.5. The van der Waals surface area contributed by atoms with E-state index in [1.165, 1.54) is 19.3 Å². The normalized spacial score (nSPS) is 25.2. The quantitative estimate of drug-likeness (QED) is 0.0576. The molecule has 0 aliphatic heterocycles. The van der Waals surface area contributed by atoms with Crippen LogP contribution in [0, 0.1) is 28.6 Å². The number of nitrogens with one attached hydrogen (secondary N) is 5. The van der Waals surface area contributed by atoms with E-state index >= 15 is 0 Å². The molecule has 5 rings (SSSR count). The van der Waals surface area contributed by atoms with Crippen molar-refractivity contribution in [2.45, 2.75) is 108 Å². The van der Waals surface area contributed by atoms with Crippen LogP contribution in [0.4, 0.5) is 0 Å². The summed E-state index contributed by atoms with van der Waals surface area (Å²) in [5.41, 5.74) is 23.8. The topological polar surface area (TPSA) is 244 Å². The van der Waals surface area contributed by atoms with Crippen LogP contribution in [0.25, 0.3) is 0 Å². The Labute approximate surface area is 278 Å². The van der Waals surface area contributed by atoms with Gasteiger partial charge >= 0.3 is 0 Å². The molecular weight excluding hydrogens is 598 g/mol. The molecule has 0 heterocycles. The van der Waals surface area contributed by atoms with E-state index in [4.69, 9.17) is 28.3 Å². The van der Waals surface area contributed by atoms with Crippen molar-refractivity contribution in [2.75, 3.05) is 13.1 Å². The minimum absolute atomic E-state index is 0.0615. The van der Waals surface area contributed by atoms with Gasteiger partial charge in [0.1, 0.15) is 18.1 Å². The first-order valence-corrected chi connectivity index (χ1v) is 17.2. The Morgan fingerprint density at radius 1 is 0.787 bits per heavy atom. The van der Waals surface area contributed by atoms with Gasteiger partial charge in [0.15, 0.2) is 5.96 Å². The fraction of sp³-hybridized carbons (Fsp3) is 0.676. The standard InChI is InChI=1S/C34H55N9O4/c35-11-5-4-9-26(29(37)44)41-32(47)28(20-34-17-22-13-23(18-34)15-24(14-22)19-34)43-31(46)27(10-6-12-40-33(38)39)42-30(45)25(36)16-21-7-2-1-3-8-21/h1-3,7-8,22-28H,4-6,9-20,35-36H2,(H2,37,44)(H,41,47)(H,42,45)(H,43,46)(H4,38,39,40). The lowest BCUT2D eigenvalue weighted by Crippen LogP contribution is -2.59. The molecule has 4 unspecified atom stereocenters. The third-order valence-corrected chi connectivity index (χ3v) is 10.3. The summed E-state index contributed by atoms with van der Waals surface area (Å²) in [6, 6.07) is 5.72. The van der Waals surface area contributed by atoms with Gasteiger partial charge in [-0.2, -0.15) is 0 Å². The number of rotatable bonds is 19. The zero-order chi connectivity index (χ0) is 34.0. The number of unbranched alkanes of at least 4 members (excludes halogenated alkanes) is 1. The second-order valence-corrected chi connectivity index (χ2v) is 14.3. The van der Waals surface area contributed by atoms with Crippen LogP contribution < -0.4 is 44.2 Å². The third-order valence-electron chi connectivity index (χ3n) is 10.3. The summed E-state index contributed by atoms with van der Waals surface area (Å²) in [7, 11) is 0. The van der Waals surface area contributed by atoms with Gasteiger partial charge in [0.05, 0.1) is 6.04 Å². The van der Waals surface area contributed by atoms with Gasteiger partial charge in [-0.1, -0.05) is 30.3 Å². The Morgan fingerprint density at radius 2 is 1.34 bits per heavy atom. The lowest BCUT2D eigenvalue weighted by molar-refractivity contribution is -0.136. The average molecular weight is 654 g/mol. The maximum Gasteiger partial charge on any atom is 0.243 e. The van der Waals surface area contributed by atoms with Crippen LogP contribution in [0.2, 0.25) is 0 Å². The van der Waals surface area contributed by atoms with Crippen molar-refractivity contribution in [2.24, 2.45) is 46.1 Å². The van der Waals surface area contributed by atoms with Gasteiger partial charge in [-0.05, 0) is 119 Å². The number of hydrogen-bond donors (Lipinski definition) is 9. The summed E-state index contributed by atoms with van der Waals surface area (Å²) in [5.74, 6) is -0.337. The summed E-state index contributed by atoms with van der Waals surface area (Å²) in [5, 5.41) is 18.8. The molecule has 1 aromatic rings. The summed E-state index contributed by atoms with van der Waals surface area (Å²) in [6.07, 6.45) is 9.87. The number of guanidine groups is 1. The Kier molecular flexibility index (Phi) is 13.0. The second kappa shape index (κ2) is 16.9. The van der Waals surface area contributed by atoms with Crippen LogP contribution >= 0.6 is 0 Å². The molecular formula is C34H55N9O4. The summed E-state index contributed by atoms with van der Waals surface area (Å²) < 4.78 is 0. The molecule has 0 aromatic heterocycles. The van der Waals surface area contributed by atoms with E-state index in [0.717, 1.165) is 24.8 Å².